The Balaban J connectivity index is 2.00. The summed E-state index contributed by atoms with van der Waals surface area (Å²) in [6.45, 7) is 2.59. The van der Waals surface area contributed by atoms with Crippen molar-refractivity contribution in [1.29, 1.82) is 0 Å². The van der Waals surface area contributed by atoms with Crippen LogP contribution in [-0.4, -0.2) is 12.5 Å². The Bertz CT molecular complexity index is 627. The predicted octanol–water partition coefficient (Wildman–Crippen LogP) is 3.33. The maximum atomic E-state index is 13.5. The molecule has 0 saturated carbocycles. The van der Waals surface area contributed by atoms with Crippen molar-refractivity contribution in [3.63, 3.8) is 0 Å². The molecule has 0 heterocycles. The van der Waals surface area contributed by atoms with E-state index in [1.165, 1.54) is 0 Å². The molecule has 0 aromatic heterocycles. The van der Waals surface area contributed by atoms with Crippen LogP contribution in [0.2, 0.25) is 0 Å². The van der Waals surface area contributed by atoms with E-state index < -0.39 is 11.6 Å². The molecule has 21 heavy (non-hydrogen) atoms. The Hall–Kier alpha value is -2.43. The lowest BCUT2D eigenvalue weighted by Crippen LogP contribution is -2.22. The Kier molecular flexibility index (Phi) is 4.87. The molecule has 0 aliphatic heterocycles. The summed E-state index contributed by atoms with van der Waals surface area (Å²) in [5, 5.41) is 5.69. The van der Waals surface area contributed by atoms with Crippen LogP contribution in [0, 0.1) is 11.6 Å². The first-order valence-corrected chi connectivity index (χ1v) is 6.66. The molecule has 0 spiro atoms. The summed E-state index contributed by atoms with van der Waals surface area (Å²) in [6, 6.07) is 10.1. The molecular weight excluding hydrogens is 274 g/mol. The summed E-state index contributed by atoms with van der Waals surface area (Å²) in [5.74, 6) is -1.07. The van der Waals surface area contributed by atoms with Crippen LogP contribution in [0.1, 0.15) is 22.8 Å². The minimum absolute atomic E-state index is 0.139. The van der Waals surface area contributed by atoms with Gasteiger partial charge in [-0.1, -0.05) is 0 Å². The van der Waals surface area contributed by atoms with E-state index in [1.54, 1.807) is 24.3 Å². The van der Waals surface area contributed by atoms with Crippen molar-refractivity contribution in [3.8, 4) is 0 Å². The fourth-order valence-electron chi connectivity index (χ4n) is 1.88. The molecule has 0 aliphatic carbocycles. The molecule has 2 aromatic carbocycles. The van der Waals surface area contributed by atoms with Crippen LogP contribution in [0.3, 0.4) is 0 Å². The zero-order chi connectivity index (χ0) is 15.2. The third kappa shape index (κ3) is 4.02. The van der Waals surface area contributed by atoms with Gasteiger partial charge in [0.1, 0.15) is 11.6 Å². The summed E-state index contributed by atoms with van der Waals surface area (Å²) in [6.07, 6.45) is 0. The van der Waals surface area contributed by atoms with Crippen molar-refractivity contribution in [2.45, 2.75) is 13.5 Å². The van der Waals surface area contributed by atoms with Crippen LogP contribution < -0.4 is 10.6 Å². The minimum Gasteiger partial charge on any atom is -0.381 e. The molecule has 1 amide bonds. The number of hydrogen-bond donors (Lipinski definition) is 2. The molecule has 2 rings (SSSR count). The SMILES string of the molecule is CCNC(=O)c1ccc(NCc2cc(F)ccc2F)cc1. The monoisotopic (exact) mass is 290 g/mol. The Morgan fingerprint density at radius 3 is 2.48 bits per heavy atom. The Morgan fingerprint density at radius 1 is 1.10 bits per heavy atom. The van der Waals surface area contributed by atoms with Gasteiger partial charge in [-0.3, -0.25) is 4.79 Å². The molecule has 0 atom stereocenters. The fraction of sp³-hybridized carbons (Fsp3) is 0.188. The third-order valence-electron chi connectivity index (χ3n) is 2.98. The molecule has 5 heteroatoms. The van der Waals surface area contributed by atoms with Crippen molar-refractivity contribution in [3.05, 3.63) is 65.2 Å². The lowest BCUT2D eigenvalue weighted by atomic mass is 10.1. The predicted molar refractivity (Wildman–Crippen MR) is 78.1 cm³/mol. The van der Waals surface area contributed by atoms with E-state index in [0.717, 1.165) is 23.9 Å². The van der Waals surface area contributed by atoms with Crippen molar-refractivity contribution in [2.24, 2.45) is 0 Å². The normalized spacial score (nSPS) is 10.2. The van der Waals surface area contributed by atoms with Gasteiger partial charge >= 0.3 is 0 Å². The van der Waals surface area contributed by atoms with Gasteiger partial charge in [-0.05, 0) is 49.4 Å². The number of nitrogens with one attached hydrogen (secondary N) is 2. The van der Waals surface area contributed by atoms with Gasteiger partial charge in [-0.2, -0.15) is 0 Å². The van der Waals surface area contributed by atoms with E-state index in [9.17, 15) is 13.6 Å². The van der Waals surface area contributed by atoms with Gasteiger partial charge in [0.25, 0.3) is 5.91 Å². The van der Waals surface area contributed by atoms with Crippen LogP contribution in [0.25, 0.3) is 0 Å². The molecule has 2 aromatic rings. The van der Waals surface area contributed by atoms with Gasteiger partial charge in [-0.25, -0.2) is 8.78 Å². The number of carbonyl (C=O) groups excluding carboxylic acids is 1. The highest BCUT2D eigenvalue weighted by molar-refractivity contribution is 5.94. The first-order chi connectivity index (χ1) is 10.1. The van der Waals surface area contributed by atoms with Gasteiger partial charge < -0.3 is 10.6 Å². The van der Waals surface area contributed by atoms with Gasteiger partial charge in [0.2, 0.25) is 0 Å². The molecule has 2 N–H and O–H groups in total. The van der Waals surface area contributed by atoms with Gasteiger partial charge in [0.05, 0.1) is 0 Å². The molecule has 0 fully saturated rings. The van der Waals surface area contributed by atoms with Crippen LogP contribution in [0.15, 0.2) is 42.5 Å². The van der Waals surface area contributed by atoms with E-state index in [4.69, 9.17) is 0 Å². The minimum atomic E-state index is -0.472. The highest BCUT2D eigenvalue weighted by Crippen LogP contribution is 2.14. The molecule has 0 aliphatic rings. The average Bonchev–Trinajstić information content (AvgIpc) is 2.49. The van der Waals surface area contributed by atoms with Crippen LogP contribution in [-0.2, 0) is 6.54 Å². The highest BCUT2D eigenvalue weighted by atomic mass is 19.1. The van der Waals surface area contributed by atoms with Gasteiger partial charge in [-0.15, -0.1) is 0 Å². The van der Waals surface area contributed by atoms with Gasteiger partial charge in [0, 0.05) is 29.9 Å². The van der Waals surface area contributed by atoms with Crippen LogP contribution >= 0.6 is 0 Å². The van der Waals surface area contributed by atoms with Crippen LogP contribution in [0.5, 0.6) is 0 Å². The number of halogens is 2. The maximum Gasteiger partial charge on any atom is 0.251 e. The summed E-state index contributed by atoms with van der Waals surface area (Å²) in [7, 11) is 0. The number of benzene rings is 2. The molecular formula is C16H16F2N2O. The number of carbonyl (C=O) groups is 1. The fourth-order valence-corrected chi connectivity index (χ4v) is 1.88. The molecule has 3 nitrogen and oxygen atoms in total. The zero-order valence-corrected chi connectivity index (χ0v) is 11.6. The standard InChI is InChI=1S/C16H16F2N2O/c1-2-19-16(21)11-3-6-14(7-4-11)20-10-12-9-13(17)5-8-15(12)18/h3-9,20H,2,10H2,1H3,(H,19,21). The highest BCUT2D eigenvalue weighted by Gasteiger charge is 2.05. The number of amides is 1. The second kappa shape index (κ2) is 6.83. The topological polar surface area (TPSA) is 41.1 Å². The molecule has 0 saturated heterocycles. The summed E-state index contributed by atoms with van der Waals surface area (Å²) >= 11 is 0. The molecule has 110 valence electrons. The van der Waals surface area contributed by atoms with Crippen molar-refractivity contribution < 1.29 is 13.6 Å². The summed E-state index contributed by atoms with van der Waals surface area (Å²) in [4.78, 5) is 11.6. The second-order valence-corrected chi connectivity index (χ2v) is 4.53. The average molecular weight is 290 g/mol. The van der Waals surface area contributed by atoms with E-state index in [2.05, 4.69) is 10.6 Å². The maximum absolute atomic E-state index is 13.5. The third-order valence-corrected chi connectivity index (χ3v) is 2.98. The quantitative estimate of drug-likeness (QED) is 0.887. The lowest BCUT2D eigenvalue weighted by molar-refractivity contribution is 0.0956. The Morgan fingerprint density at radius 2 is 1.81 bits per heavy atom. The first kappa shape index (κ1) is 15.0. The van der Waals surface area contributed by atoms with E-state index in [-0.39, 0.29) is 18.0 Å². The number of hydrogen-bond acceptors (Lipinski definition) is 2. The first-order valence-electron chi connectivity index (χ1n) is 6.66. The zero-order valence-electron chi connectivity index (χ0n) is 11.6. The molecule has 0 bridgehead atoms. The Labute approximate surface area is 122 Å². The van der Waals surface area contributed by atoms with Crippen LogP contribution in [0.4, 0.5) is 14.5 Å². The summed E-state index contributed by atoms with van der Waals surface area (Å²) < 4.78 is 26.5. The van der Waals surface area contributed by atoms with Crippen molar-refractivity contribution in [2.75, 3.05) is 11.9 Å². The number of anilines is 1. The molecule has 0 radical (unpaired) electrons. The van der Waals surface area contributed by atoms with E-state index >= 15 is 0 Å². The lowest BCUT2D eigenvalue weighted by Gasteiger charge is -2.08. The second-order valence-electron chi connectivity index (χ2n) is 4.53. The number of rotatable bonds is 5. The van der Waals surface area contributed by atoms with Gasteiger partial charge in [0.15, 0.2) is 0 Å². The largest absolute Gasteiger partial charge is 0.381 e. The van der Waals surface area contributed by atoms with E-state index in [1.807, 2.05) is 6.92 Å². The van der Waals surface area contributed by atoms with E-state index in [0.29, 0.717) is 12.1 Å². The smallest absolute Gasteiger partial charge is 0.251 e. The van der Waals surface area contributed by atoms with Crippen molar-refractivity contribution >= 4 is 11.6 Å². The van der Waals surface area contributed by atoms with Crippen molar-refractivity contribution in [1.82, 2.24) is 5.32 Å². The molecule has 0 unspecified atom stereocenters. The summed E-state index contributed by atoms with van der Waals surface area (Å²) in [5.41, 5.74) is 1.54.